The zero-order chi connectivity index (χ0) is 21.1. The molecule has 30 heavy (non-hydrogen) atoms. The van der Waals surface area contributed by atoms with Crippen LogP contribution in [-0.4, -0.2) is 20.5 Å². The van der Waals surface area contributed by atoms with E-state index in [1.165, 1.54) is 6.92 Å². The van der Waals surface area contributed by atoms with Crippen molar-refractivity contribution in [3.63, 3.8) is 0 Å². The second-order valence-electron chi connectivity index (χ2n) is 6.72. The number of nitrogens with zero attached hydrogens (tertiary/aromatic N) is 3. The van der Waals surface area contributed by atoms with E-state index < -0.39 is 18.6 Å². The van der Waals surface area contributed by atoms with Gasteiger partial charge in [0.05, 0.1) is 23.7 Å². The maximum absolute atomic E-state index is 13.6. The Balaban J connectivity index is 1.41. The number of rotatable bonds is 7. The Morgan fingerprint density at radius 2 is 1.87 bits per heavy atom. The fourth-order valence-electron chi connectivity index (χ4n) is 3.23. The smallest absolute Gasteiger partial charge is 0.320 e. The lowest BCUT2D eigenvalue weighted by atomic mass is 10.2. The van der Waals surface area contributed by atoms with Gasteiger partial charge in [-0.05, 0) is 19.1 Å². The molecule has 0 saturated carbocycles. The minimum absolute atomic E-state index is 0.00189. The minimum Gasteiger partial charge on any atom is -0.454 e. The number of hydrogen-bond acceptors (Lipinski definition) is 5. The number of imidazole rings is 1. The Bertz CT molecular complexity index is 1150. The molecule has 4 aromatic rings. The van der Waals surface area contributed by atoms with Gasteiger partial charge in [-0.2, -0.15) is 8.78 Å². The number of carbonyl (C=O) groups is 1. The summed E-state index contributed by atoms with van der Waals surface area (Å²) in [5.74, 6) is 0.466. The molecule has 2 aromatic heterocycles. The number of aryl methyl sites for hydroxylation is 1. The highest BCUT2D eigenvalue weighted by Crippen LogP contribution is 2.28. The van der Waals surface area contributed by atoms with Gasteiger partial charge in [0.15, 0.2) is 23.6 Å². The van der Waals surface area contributed by atoms with Crippen molar-refractivity contribution in [2.45, 2.75) is 32.4 Å². The van der Waals surface area contributed by atoms with E-state index in [0.717, 1.165) is 10.1 Å². The highest BCUT2D eigenvalue weighted by molar-refractivity contribution is 5.76. The standard InChI is InChI=1S/C22H19F2N3O3/c1-14(21-26-16-9-5-6-10-17(16)27(21)22(23)24)29-20(28)12-11-19-25-13-18(30-19)15-7-3-2-4-8-15/h2-10,13-14,22H,11-12H2,1H3. The fourth-order valence-corrected chi connectivity index (χ4v) is 3.23. The van der Waals surface area contributed by atoms with E-state index in [-0.39, 0.29) is 18.7 Å². The van der Waals surface area contributed by atoms with Gasteiger partial charge in [-0.25, -0.2) is 9.97 Å². The van der Waals surface area contributed by atoms with Gasteiger partial charge >= 0.3 is 12.5 Å². The molecule has 0 amide bonds. The van der Waals surface area contributed by atoms with E-state index in [1.807, 2.05) is 30.3 Å². The molecule has 2 aromatic carbocycles. The van der Waals surface area contributed by atoms with Crippen LogP contribution in [0.25, 0.3) is 22.4 Å². The van der Waals surface area contributed by atoms with E-state index in [1.54, 1.807) is 30.5 Å². The number of oxazole rings is 1. The van der Waals surface area contributed by atoms with Gasteiger partial charge < -0.3 is 9.15 Å². The molecule has 1 unspecified atom stereocenters. The molecular formula is C22H19F2N3O3. The lowest BCUT2D eigenvalue weighted by molar-refractivity contribution is -0.149. The maximum Gasteiger partial charge on any atom is 0.320 e. The molecule has 154 valence electrons. The van der Waals surface area contributed by atoms with E-state index >= 15 is 0 Å². The Hall–Kier alpha value is -3.55. The molecule has 0 fully saturated rings. The summed E-state index contributed by atoms with van der Waals surface area (Å²) in [7, 11) is 0. The molecule has 8 heteroatoms. The molecule has 0 aliphatic heterocycles. The molecule has 0 N–H and O–H groups in total. The third kappa shape index (κ3) is 4.07. The maximum atomic E-state index is 13.6. The summed E-state index contributed by atoms with van der Waals surface area (Å²) in [6.45, 7) is -1.27. The molecule has 0 bridgehead atoms. The zero-order valence-electron chi connectivity index (χ0n) is 16.2. The SMILES string of the molecule is CC(OC(=O)CCc1ncc(-c2ccccc2)o1)c1nc2ccccc2n1C(F)F. The molecule has 0 saturated heterocycles. The molecule has 0 radical (unpaired) electrons. The van der Waals surface area contributed by atoms with Crippen LogP contribution in [0.5, 0.6) is 0 Å². The molecule has 2 heterocycles. The Kier molecular flexibility index (Phi) is 5.56. The number of aromatic nitrogens is 3. The highest BCUT2D eigenvalue weighted by Gasteiger charge is 2.24. The van der Waals surface area contributed by atoms with Crippen LogP contribution < -0.4 is 0 Å². The summed E-state index contributed by atoms with van der Waals surface area (Å²) >= 11 is 0. The van der Waals surface area contributed by atoms with Crippen molar-refractivity contribution in [3.8, 4) is 11.3 Å². The first-order valence-electron chi connectivity index (χ1n) is 9.47. The van der Waals surface area contributed by atoms with Gasteiger partial charge in [-0.1, -0.05) is 42.5 Å². The van der Waals surface area contributed by atoms with Crippen molar-refractivity contribution in [3.05, 3.63) is 72.5 Å². The van der Waals surface area contributed by atoms with Crippen LogP contribution in [0.3, 0.4) is 0 Å². The number of carbonyl (C=O) groups excluding carboxylic acids is 1. The number of benzene rings is 2. The summed E-state index contributed by atoms with van der Waals surface area (Å²) in [6, 6.07) is 16.0. The predicted octanol–water partition coefficient (Wildman–Crippen LogP) is 5.32. The van der Waals surface area contributed by atoms with Crippen LogP contribution in [-0.2, 0) is 16.0 Å². The summed E-state index contributed by atoms with van der Waals surface area (Å²) in [4.78, 5) is 20.7. The molecule has 0 aliphatic carbocycles. The van der Waals surface area contributed by atoms with Crippen molar-refractivity contribution in [2.75, 3.05) is 0 Å². The third-order valence-electron chi connectivity index (χ3n) is 4.64. The quantitative estimate of drug-likeness (QED) is 0.385. The van der Waals surface area contributed by atoms with E-state index in [4.69, 9.17) is 9.15 Å². The van der Waals surface area contributed by atoms with E-state index in [0.29, 0.717) is 22.7 Å². The number of alkyl halides is 2. The van der Waals surface area contributed by atoms with Gasteiger partial charge in [-0.15, -0.1) is 0 Å². The second kappa shape index (κ2) is 8.44. The lowest BCUT2D eigenvalue weighted by Gasteiger charge is -2.15. The number of halogens is 2. The summed E-state index contributed by atoms with van der Waals surface area (Å²) in [5, 5.41) is 0. The molecule has 0 aliphatic rings. The van der Waals surface area contributed by atoms with E-state index in [2.05, 4.69) is 9.97 Å². The topological polar surface area (TPSA) is 70.2 Å². The zero-order valence-corrected chi connectivity index (χ0v) is 16.2. The van der Waals surface area contributed by atoms with Gasteiger partial charge in [0.1, 0.15) is 0 Å². The van der Waals surface area contributed by atoms with Crippen molar-refractivity contribution < 1.29 is 22.7 Å². The van der Waals surface area contributed by atoms with Crippen LogP contribution >= 0.6 is 0 Å². The largest absolute Gasteiger partial charge is 0.454 e. The summed E-state index contributed by atoms with van der Waals surface area (Å²) in [5.41, 5.74) is 1.60. The van der Waals surface area contributed by atoms with Crippen molar-refractivity contribution >= 4 is 17.0 Å². The number of para-hydroxylation sites is 2. The summed E-state index contributed by atoms with van der Waals surface area (Å²) in [6.07, 6.45) is 0.921. The minimum atomic E-state index is -2.79. The lowest BCUT2D eigenvalue weighted by Crippen LogP contribution is -2.15. The van der Waals surface area contributed by atoms with Crippen LogP contribution in [0, 0.1) is 0 Å². The van der Waals surface area contributed by atoms with Gasteiger partial charge in [-0.3, -0.25) is 9.36 Å². The Morgan fingerprint density at radius 3 is 2.63 bits per heavy atom. The molecule has 4 rings (SSSR count). The Morgan fingerprint density at radius 1 is 1.13 bits per heavy atom. The number of fused-ring (bicyclic) bond motifs is 1. The van der Waals surface area contributed by atoms with Crippen LogP contribution in [0.1, 0.15) is 37.7 Å². The van der Waals surface area contributed by atoms with Crippen LogP contribution in [0.15, 0.2) is 65.2 Å². The average molecular weight is 411 g/mol. The van der Waals surface area contributed by atoms with Crippen molar-refractivity contribution in [1.29, 1.82) is 0 Å². The third-order valence-corrected chi connectivity index (χ3v) is 4.64. The normalized spacial score (nSPS) is 12.4. The molecule has 1 atom stereocenters. The molecule has 6 nitrogen and oxygen atoms in total. The Labute approximate surface area is 171 Å². The summed E-state index contributed by atoms with van der Waals surface area (Å²) < 4.78 is 38.9. The van der Waals surface area contributed by atoms with Gasteiger partial charge in [0, 0.05) is 12.0 Å². The first-order chi connectivity index (χ1) is 14.5. The highest BCUT2D eigenvalue weighted by atomic mass is 19.3. The second-order valence-corrected chi connectivity index (χ2v) is 6.72. The van der Waals surface area contributed by atoms with E-state index in [9.17, 15) is 13.6 Å². The first-order valence-corrected chi connectivity index (χ1v) is 9.47. The van der Waals surface area contributed by atoms with Crippen LogP contribution in [0.2, 0.25) is 0 Å². The number of esters is 1. The van der Waals surface area contributed by atoms with Crippen molar-refractivity contribution in [1.82, 2.24) is 14.5 Å². The average Bonchev–Trinajstić information content (AvgIpc) is 3.38. The number of hydrogen-bond donors (Lipinski definition) is 0. The van der Waals surface area contributed by atoms with Gasteiger partial charge in [0.25, 0.3) is 0 Å². The van der Waals surface area contributed by atoms with Gasteiger partial charge in [0.2, 0.25) is 0 Å². The molecular weight excluding hydrogens is 392 g/mol. The predicted molar refractivity (Wildman–Crippen MR) is 106 cm³/mol. The fraction of sp³-hybridized carbons (Fsp3) is 0.227. The van der Waals surface area contributed by atoms with Crippen molar-refractivity contribution in [2.24, 2.45) is 0 Å². The monoisotopic (exact) mass is 411 g/mol. The first kappa shape index (κ1) is 19.8. The van der Waals surface area contributed by atoms with Crippen LogP contribution in [0.4, 0.5) is 8.78 Å². The molecule has 0 spiro atoms. The number of ether oxygens (including phenoxy) is 1.